The molecule has 0 aliphatic carbocycles. The van der Waals surface area contributed by atoms with Crippen molar-refractivity contribution in [1.82, 2.24) is 15.1 Å². The molecule has 2 aromatic rings. The van der Waals surface area contributed by atoms with E-state index in [9.17, 15) is 4.79 Å². The van der Waals surface area contributed by atoms with E-state index < -0.39 is 0 Å². The quantitative estimate of drug-likeness (QED) is 0.773. The van der Waals surface area contributed by atoms with Crippen LogP contribution in [0.25, 0.3) is 11.5 Å². The number of halogens is 1. The van der Waals surface area contributed by atoms with Crippen LogP contribution >= 0.6 is 23.4 Å². The first-order valence-corrected chi connectivity index (χ1v) is 9.03. The molecule has 0 unspecified atom stereocenters. The Bertz CT molecular complexity index is 714. The van der Waals surface area contributed by atoms with E-state index in [-0.39, 0.29) is 23.9 Å². The van der Waals surface area contributed by atoms with Gasteiger partial charge in [0.05, 0.1) is 18.0 Å². The van der Waals surface area contributed by atoms with E-state index in [1.807, 2.05) is 30.9 Å². The molecule has 0 spiro atoms. The van der Waals surface area contributed by atoms with Crippen molar-refractivity contribution >= 4 is 29.3 Å². The van der Waals surface area contributed by atoms with Crippen LogP contribution in [0.15, 0.2) is 33.9 Å². The number of hydrogen-bond donors (Lipinski definition) is 0. The van der Waals surface area contributed by atoms with Gasteiger partial charge in [0.1, 0.15) is 0 Å². The Hall–Kier alpha value is -1.57. The molecule has 1 aromatic carbocycles. The highest BCUT2D eigenvalue weighted by Gasteiger charge is 2.26. The molecule has 1 aliphatic heterocycles. The summed E-state index contributed by atoms with van der Waals surface area (Å²) >= 11 is 7.20. The minimum absolute atomic E-state index is 0.0458. The molecule has 3 rings (SSSR count). The lowest BCUT2D eigenvalue weighted by molar-refractivity contribution is -0.140. The lowest BCUT2D eigenvalue weighted by atomic mass is 10.2. The lowest BCUT2D eigenvalue weighted by Gasteiger charge is -2.35. The molecule has 0 N–H and O–H groups in total. The van der Waals surface area contributed by atoms with Gasteiger partial charge in [-0.25, -0.2) is 0 Å². The van der Waals surface area contributed by atoms with Crippen LogP contribution < -0.4 is 0 Å². The van der Waals surface area contributed by atoms with Crippen LogP contribution in [0.2, 0.25) is 5.02 Å². The zero-order chi connectivity index (χ0) is 17.1. The largest absolute Gasteiger partial charge is 0.411 e. The SMILES string of the molecule is C[C@@H]1CN(C(=O)CSc2nnc(-c3cccc(Cl)c3)o2)C[C@@H](C)O1. The van der Waals surface area contributed by atoms with Crippen molar-refractivity contribution in [2.75, 3.05) is 18.8 Å². The molecule has 128 valence electrons. The second kappa shape index (κ2) is 7.55. The molecule has 1 aromatic heterocycles. The Morgan fingerprint density at radius 3 is 2.79 bits per heavy atom. The molecule has 1 amide bonds. The van der Waals surface area contributed by atoms with Gasteiger partial charge in [-0.2, -0.15) is 0 Å². The third kappa shape index (κ3) is 4.28. The summed E-state index contributed by atoms with van der Waals surface area (Å²) in [5, 5.41) is 8.95. The summed E-state index contributed by atoms with van der Waals surface area (Å²) < 4.78 is 11.2. The van der Waals surface area contributed by atoms with E-state index >= 15 is 0 Å². The summed E-state index contributed by atoms with van der Waals surface area (Å²) in [4.78, 5) is 14.1. The maximum atomic E-state index is 12.3. The average molecular weight is 368 g/mol. The number of amides is 1. The molecular weight excluding hydrogens is 350 g/mol. The molecule has 1 saturated heterocycles. The van der Waals surface area contributed by atoms with E-state index in [0.29, 0.717) is 29.2 Å². The molecule has 0 radical (unpaired) electrons. The molecule has 1 fully saturated rings. The fraction of sp³-hybridized carbons (Fsp3) is 0.438. The average Bonchev–Trinajstić information content (AvgIpc) is 3.00. The van der Waals surface area contributed by atoms with Crippen molar-refractivity contribution in [3.8, 4) is 11.5 Å². The number of rotatable bonds is 4. The van der Waals surface area contributed by atoms with Crippen molar-refractivity contribution in [2.24, 2.45) is 0 Å². The topological polar surface area (TPSA) is 68.5 Å². The summed E-state index contributed by atoms with van der Waals surface area (Å²) in [7, 11) is 0. The van der Waals surface area contributed by atoms with Crippen LogP contribution in [-0.2, 0) is 9.53 Å². The number of aromatic nitrogens is 2. The normalized spacial score (nSPS) is 21.0. The van der Waals surface area contributed by atoms with E-state index in [1.165, 1.54) is 11.8 Å². The molecule has 2 atom stereocenters. The van der Waals surface area contributed by atoms with Gasteiger partial charge < -0.3 is 14.1 Å². The summed E-state index contributed by atoms with van der Waals surface area (Å²) in [6.45, 7) is 5.17. The lowest BCUT2D eigenvalue weighted by Crippen LogP contribution is -2.48. The number of thioether (sulfide) groups is 1. The zero-order valence-corrected chi connectivity index (χ0v) is 15.0. The summed E-state index contributed by atoms with van der Waals surface area (Å²) in [5.74, 6) is 0.696. The van der Waals surface area contributed by atoms with Crippen LogP contribution in [0.3, 0.4) is 0 Å². The number of hydrogen-bond acceptors (Lipinski definition) is 6. The predicted octanol–water partition coefficient (Wildman–Crippen LogP) is 3.12. The Morgan fingerprint density at radius 2 is 2.08 bits per heavy atom. The summed E-state index contributed by atoms with van der Waals surface area (Å²) in [6.07, 6.45) is 0.112. The highest BCUT2D eigenvalue weighted by atomic mass is 35.5. The van der Waals surface area contributed by atoms with Gasteiger partial charge in [0.15, 0.2) is 0 Å². The number of carbonyl (C=O) groups excluding carboxylic acids is 1. The Balaban J connectivity index is 1.58. The van der Waals surface area contributed by atoms with Gasteiger partial charge in [0.2, 0.25) is 11.8 Å². The first kappa shape index (κ1) is 17.3. The Morgan fingerprint density at radius 1 is 1.33 bits per heavy atom. The van der Waals surface area contributed by atoms with E-state index in [4.69, 9.17) is 20.8 Å². The number of ether oxygens (including phenoxy) is 1. The van der Waals surface area contributed by atoms with Gasteiger partial charge >= 0.3 is 0 Å². The van der Waals surface area contributed by atoms with Crippen molar-refractivity contribution in [2.45, 2.75) is 31.3 Å². The van der Waals surface area contributed by atoms with E-state index in [2.05, 4.69) is 10.2 Å². The van der Waals surface area contributed by atoms with Gasteiger partial charge in [-0.15, -0.1) is 10.2 Å². The highest BCUT2D eigenvalue weighted by molar-refractivity contribution is 7.99. The monoisotopic (exact) mass is 367 g/mol. The maximum Gasteiger partial charge on any atom is 0.277 e. The summed E-state index contributed by atoms with van der Waals surface area (Å²) in [5.41, 5.74) is 0.754. The first-order chi connectivity index (χ1) is 11.5. The summed E-state index contributed by atoms with van der Waals surface area (Å²) in [6, 6.07) is 7.19. The number of morpholine rings is 1. The number of nitrogens with zero attached hydrogens (tertiary/aromatic N) is 3. The number of carbonyl (C=O) groups is 1. The van der Waals surface area contributed by atoms with E-state index in [1.54, 1.807) is 12.1 Å². The van der Waals surface area contributed by atoms with Crippen LogP contribution in [0.4, 0.5) is 0 Å². The van der Waals surface area contributed by atoms with E-state index in [0.717, 1.165) is 5.56 Å². The molecular formula is C16H18ClN3O3S. The fourth-order valence-electron chi connectivity index (χ4n) is 2.60. The maximum absolute atomic E-state index is 12.3. The molecule has 0 bridgehead atoms. The van der Waals surface area contributed by atoms with Crippen LogP contribution in [0.1, 0.15) is 13.8 Å². The predicted molar refractivity (Wildman–Crippen MR) is 92.1 cm³/mol. The van der Waals surface area contributed by atoms with Gasteiger partial charge in [0.25, 0.3) is 5.22 Å². The molecule has 0 saturated carbocycles. The smallest absolute Gasteiger partial charge is 0.277 e. The third-order valence-electron chi connectivity index (χ3n) is 3.57. The molecule has 24 heavy (non-hydrogen) atoms. The van der Waals surface area contributed by atoms with Crippen molar-refractivity contribution in [3.05, 3.63) is 29.3 Å². The number of benzene rings is 1. The van der Waals surface area contributed by atoms with Crippen LogP contribution in [0, 0.1) is 0 Å². The third-order valence-corrected chi connectivity index (χ3v) is 4.61. The molecule has 2 heterocycles. The fourth-order valence-corrected chi connectivity index (χ4v) is 3.46. The van der Waals surface area contributed by atoms with Crippen LogP contribution in [0.5, 0.6) is 0 Å². The standard InChI is InChI=1S/C16H18ClN3O3S/c1-10-7-20(8-11(2)22-10)14(21)9-24-16-19-18-15(23-16)12-4-3-5-13(17)6-12/h3-6,10-11H,7-9H2,1-2H3/t10-,11-/m1/s1. The van der Waals surface area contributed by atoms with Crippen LogP contribution in [-0.4, -0.2) is 52.1 Å². The van der Waals surface area contributed by atoms with Gasteiger partial charge in [-0.1, -0.05) is 29.4 Å². The first-order valence-electron chi connectivity index (χ1n) is 7.66. The van der Waals surface area contributed by atoms with Crippen molar-refractivity contribution in [3.63, 3.8) is 0 Å². The minimum Gasteiger partial charge on any atom is -0.411 e. The van der Waals surface area contributed by atoms with Crippen molar-refractivity contribution < 1.29 is 13.9 Å². The van der Waals surface area contributed by atoms with Gasteiger partial charge in [0, 0.05) is 23.7 Å². The minimum atomic E-state index is 0.0458. The highest BCUT2D eigenvalue weighted by Crippen LogP contribution is 2.25. The van der Waals surface area contributed by atoms with Crippen molar-refractivity contribution in [1.29, 1.82) is 0 Å². The van der Waals surface area contributed by atoms with Gasteiger partial charge in [-0.3, -0.25) is 4.79 Å². The molecule has 6 nitrogen and oxygen atoms in total. The Labute approximate surface area is 149 Å². The Kier molecular flexibility index (Phi) is 5.43. The second-order valence-corrected chi connectivity index (χ2v) is 7.09. The molecule has 8 heteroatoms. The second-order valence-electron chi connectivity index (χ2n) is 5.73. The van der Waals surface area contributed by atoms with Gasteiger partial charge in [-0.05, 0) is 32.0 Å². The molecule has 1 aliphatic rings. The zero-order valence-electron chi connectivity index (χ0n) is 13.4.